The van der Waals surface area contributed by atoms with Gasteiger partial charge in [-0.3, -0.25) is 4.79 Å². The number of aryl methyl sites for hydroxylation is 1. The van der Waals surface area contributed by atoms with Gasteiger partial charge >= 0.3 is 6.18 Å². The molecule has 0 aliphatic rings. The fraction of sp³-hybridized carbons (Fsp3) is 0.312. The summed E-state index contributed by atoms with van der Waals surface area (Å²) in [7, 11) is 0. The van der Waals surface area contributed by atoms with Crippen LogP contribution in [-0.2, 0) is 12.6 Å². The second-order valence-electron chi connectivity index (χ2n) is 5.05. The molecule has 0 bridgehead atoms. The molecule has 1 aromatic carbocycles. The summed E-state index contributed by atoms with van der Waals surface area (Å²) in [5.41, 5.74) is -1.05. The number of alkyl halides is 3. The first-order valence-electron chi connectivity index (χ1n) is 7.26. The van der Waals surface area contributed by atoms with Gasteiger partial charge < -0.3 is 10.4 Å². The number of nitrogens with one attached hydrogen (secondary N) is 1. The molecule has 1 heterocycles. The number of hydrogen-bond acceptors (Lipinski definition) is 4. The van der Waals surface area contributed by atoms with Crippen molar-refractivity contribution in [1.29, 1.82) is 0 Å². The van der Waals surface area contributed by atoms with E-state index in [1.54, 1.807) is 0 Å². The Kier molecular flexibility index (Phi) is 5.50. The maximum atomic E-state index is 12.9. The number of carbonyl (C=O) groups is 1. The van der Waals surface area contributed by atoms with Crippen molar-refractivity contribution < 1.29 is 23.1 Å². The summed E-state index contributed by atoms with van der Waals surface area (Å²) in [4.78, 5) is 19.9. The first-order chi connectivity index (χ1) is 11.3. The van der Waals surface area contributed by atoms with Crippen molar-refractivity contribution in [3.05, 3.63) is 59.2 Å². The van der Waals surface area contributed by atoms with Gasteiger partial charge in [0.25, 0.3) is 5.91 Å². The molecule has 128 valence electrons. The Morgan fingerprint density at radius 3 is 2.46 bits per heavy atom. The SMILES string of the molecule is CCc1ncc(C(=O)NC[C@@H](O)c2ccccc2C(F)(F)F)cn1. The van der Waals surface area contributed by atoms with Crippen LogP contribution >= 0.6 is 0 Å². The predicted octanol–water partition coefficient (Wildman–Crippen LogP) is 2.52. The zero-order valence-electron chi connectivity index (χ0n) is 12.8. The van der Waals surface area contributed by atoms with Gasteiger partial charge in [0.2, 0.25) is 0 Å². The Hall–Kier alpha value is -2.48. The van der Waals surface area contributed by atoms with E-state index >= 15 is 0 Å². The Balaban J connectivity index is 2.05. The van der Waals surface area contributed by atoms with E-state index in [1.165, 1.54) is 30.6 Å². The average Bonchev–Trinajstić information content (AvgIpc) is 2.58. The van der Waals surface area contributed by atoms with E-state index in [2.05, 4.69) is 15.3 Å². The number of aromatic nitrogens is 2. The van der Waals surface area contributed by atoms with E-state index < -0.39 is 23.8 Å². The highest BCUT2D eigenvalue weighted by atomic mass is 19.4. The first kappa shape index (κ1) is 17.9. The van der Waals surface area contributed by atoms with Crippen molar-refractivity contribution in [2.45, 2.75) is 25.6 Å². The van der Waals surface area contributed by atoms with Crippen molar-refractivity contribution in [3.8, 4) is 0 Å². The van der Waals surface area contributed by atoms with E-state index in [-0.39, 0.29) is 17.7 Å². The third-order valence-corrected chi connectivity index (χ3v) is 3.36. The molecule has 1 aromatic heterocycles. The van der Waals surface area contributed by atoms with Crippen molar-refractivity contribution in [2.75, 3.05) is 6.54 Å². The zero-order valence-corrected chi connectivity index (χ0v) is 12.8. The van der Waals surface area contributed by atoms with E-state index in [1.807, 2.05) is 6.92 Å². The van der Waals surface area contributed by atoms with Gasteiger partial charge in [-0.25, -0.2) is 9.97 Å². The molecule has 2 aromatic rings. The number of nitrogens with zero attached hydrogens (tertiary/aromatic N) is 2. The van der Waals surface area contributed by atoms with Crippen LogP contribution in [0.3, 0.4) is 0 Å². The standard InChI is InChI=1S/C16H16F3N3O2/c1-2-14-20-7-10(8-21-14)15(24)22-9-13(23)11-5-3-4-6-12(11)16(17,18)19/h3-8,13,23H,2,9H2,1H3,(H,22,24)/t13-/m1/s1. The molecular formula is C16H16F3N3O2. The Bertz CT molecular complexity index is 702. The lowest BCUT2D eigenvalue weighted by molar-refractivity contribution is -0.139. The van der Waals surface area contributed by atoms with Crippen molar-refractivity contribution in [2.24, 2.45) is 0 Å². The second kappa shape index (κ2) is 7.39. The Morgan fingerprint density at radius 2 is 1.88 bits per heavy atom. The Morgan fingerprint density at radius 1 is 1.25 bits per heavy atom. The monoisotopic (exact) mass is 339 g/mol. The molecule has 5 nitrogen and oxygen atoms in total. The molecule has 2 rings (SSSR count). The van der Waals surface area contributed by atoms with Crippen molar-refractivity contribution in [3.63, 3.8) is 0 Å². The van der Waals surface area contributed by atoms with Crippen LogP contribution < -0.4 is 5.32 Å². The zero-order chi connectivity index (χ0) is 17.7. The third kappa shape index (κ3) is 4.29. The molecule has 0 fully saturated rings. The molecule has 0 radical (unpaired) electrons. The minimum absolute atomic E-state index is 0.170. The lowest BCUT2D eigenvalue weighted by Crippen LogP contribution is -2.29. The summed E-state index contributed by atoms with van der Waals surface area (Å²) in [6, 6.07) is 4.70. The van der Waals surface area contributed by atoms with E-state index in [9.17, 15) is 23.1 Å². The van der Waals surface area contributed by atoms with Gasteiger partial charge in [0, 0.05) is 25.4 Å². The number of aliphatic hydroxyl groups excluding tert-OH is 1. The summed E-state index contributed by atoms with van der Waals surface area (Å²) < 4.78 is 38.8. The van der Waals surface area contributed by atoms with Crippen LogP contribution in [-0.4, -0.2) is 27.5 Å². The van der Waals surface area contributed by atoms with Crippen LogP contribution in [0.1, 0.15) is 40.3 Å². The highest BCUT2D eigenvalue weighted by Gasteiger charge is 2.34. The number of rotatable bonds is 5. The molecule has 0 saturated heterocycles. The molecule has 2 N–H and O–H groups in total. The molecule has 0 aliphatic carbocycles. The van der Waals surface area contributed by atoms with E-state index in [0.717, 1.165) is 6.07 Å². The summed E-state index contributed by atoms with van der Waals surface area (Å²) in [5, 5.41) is 12.4. The summed E-state index contributed by atoms with van der Waals surface area (Å²) in [5.74, 6) is 0.00637. The lowest BCUT2D eigenvalue weighted by Gasteiger charge is -2.17. The number of benzene rings is 1. The van der Waals surface area contributed by atoms with Crippen LogP contribution in [0.2, 0.25) is 0 Å². The molecule has 0 aliphatic heterocycles. The van der Waals surface area contributed by atoms with E-state index in [4.69, 9.17) is 0 Å². The van der Waals surface area contributed by atoms with Gasteiger partial charge in [-0.1, -0.05) is 25.1 Å². The first-order valence-corrected chi connectivity index (χ1v) is 7.26. The van der Waals surface area contributed by atoms with Crippen LogP contribution in [0.5, 0.6) is 0 Å². The lowest BCUT2D eigenvalue weighted by atomic mass is 10.0. The van der Waals surface area contributed by atoms with Gasteiger partial charge in [-0.15, -0.1) is 0 Å². The summed E-state index contributed by atoms with van der Waals surface area (Å²) in [6.45, 7) is 1.50. The molecule has 24 heavy (non-hydrogen) atoms. The topological polar surface area (TPSA) is 75.1 Å². The summed E-state index contributed by atoms with van der Waals surface area (Å²) in [6.07, 6.45) is -2.78. The van der Waals surface area contributed by atoms with Crippen LogP contribution in [0.25, 0.3) is 0 Å². The fourth-order valence-corrected chi connectivity index (χ4v) is 2.10. The van der Waals surface area contributed by atoms with Crippen LogP contribution in [0.15, 0.2) is 36.7 Å². The van der Waals surface area contributed by atoms with Crippen molar-refractivity contribution in [1.82, 2.24) is 15.3 Å². The predicted molar refractivity (Wildman–Crippen MR) is 80.1 cm³/mol. The van der Waals surface area contributed by atoms with Gasteiger partial charge in [-0.05, 0) is 11.6 Å². The molecule has 0 spiro atoms. The Labute approximate surface area is 136 Å². The highest BCUT2D eigenvalue weighted by molar-refractivity contribution is 5.93. The minimum Gasteiger partial charge on any atom is -0.387 e. The number of amides is 1. The molecule has 8 heteroatoms. The number of hydrogen-bond donors (Lipinski definition) is 2. The van der Waals surface area contributed by atoms with Gasteiger partial charge in [0.15, 0.2) is 0 Å². The molecular weight excluding hydrogens is 323 g/mol. The third-order valence-electron chi connectivity index (χ3n) is 3.36. The van der Waals surface area contributed by atoms with Crippen LogP contribution in [0.4, 0.5) is 13.2 Å². The maximum Gasteiger partial charge on any atom is 0.416 e. The van der Waals surface area contributed by atoms with Gasteiger partial charge in [-0.2, -0.15) is 13.2 Å². The van der Waals surface area contributed by atoms with E-state index in [0.29, 0.717) is 12.2 Å². The smallest absolute Gasteiger partial charge is 0.387 e. The normalized spacial score (nSPS) is 12.7. The highest BCUT2D eigenvalue weighted by Crippen LogP contribution is 2.34. The number of aliphatic hydroxyl groups is 1. The van der Waals surface area contributed by atoms with Gasteiger partial charge in [0.05, 0.1) is 17.2 Å². The molecule has 1 atom stereocenters. The number of carbonyl (C=O) groups excluding carboxylic acids is 1. The molecule has 0 unspecified atom stereocenters. The van der Waals surface area contributed by atoms with Gasteiger partial charge in [0.1, 0.15) is 5.82 Å². The summed E-state index contributed by atoms with van der Waals surface area (Å²) >= 11 is 0. The number of halogens is 3. The quantitative estimate of drug-likeness (QED) is 0.878. The van der Waals surface area contributed by atoms with Crippen molar-refractivity contribution >= 4 is 5.91 Å². The molecule has 1 amide bonds. The largest absolute Gasteiger partial charge is 0.416 e. The van der Waals surface area contributed by atoms with Crippen LogP contribution in [0, 0.1) is 0 Å². The maximum absolute atomic E-state index is 12.9. The average molecular weight is 339 g/mol. The fourth-order valence-electron chi connectivity index (χ4n) is 2.10. The second-order valence-corrected chi connectivity index (χ2v) is 5.05. The molecule has 0 saturated carbocycles. The minimum atomic E-state index is -4.58.